The van der Waals surface area contributed by atoms with Crippen LogP contribution in [0.3, 0.4) is 0 Å². The molecular weight excluding hydrogens is 354 g/mol. The minimum atomic E-state index is 0.352. The second kappa shape index (κ2) is 6.48. The van der Waals surface area contributed by atoms with Crippen LogP contribution in [-0.2, 0) is 0 Å². The van der Waals surface area contributed by atoms with E-state index < -0.39 is 0 Å². The number of methoxy groups -OCH3 is 1. The Morgan fingerprint density at radius 3 is 2.69 bits per heavy atom. The van der Waals surface area contributed by atoms with Crippen LogP contribution in [0.2, 0.25) is 0 Å². The van der Waals surface area contributed by atoms with Gasteiger partial charge in [-0.25, -0.2) is 15.0 Å². The van der Waals surface area contributed by atoms with Crippen molar-refractivity contribution in [2.45, 2.75) is 6.92 Å². The Kier molecular flexibility index (Phi) is 4.01. The Balaban J connectivity index is 1.61. The molecule has 0 radical (unpaired) electrons. The third kappa shape index (κ3) is 3.09. The minimum absolute atomic E-state index is 0.352. The average molecular weight is 369 g/mol. The molecule has 3 aromatic heterocycles. The van der Waals surface area contributed by atoms with Crippen molar-refractivity contribution in [2.24, 2.45) is 0 Å². The number of anilines is 5. The first-order chi connectivity index (χ1) is 12.6. The molecule has 0 unspecified atom stereocenters. The highest BCUT2D eigenvalue weighted by atomic mass is 32.1. The van der Waals surface area contributed by atoms with Gasteiger partial charge in [0.25, 0.3) is 0 Å². The lowest BCUT2D eigenvalue weighted by atomic mass is 10.3. The Labute approximate surface area is 152 Å². The molecule has 0 saturated heterocycles. The maximum atomic E-state index is 6.17. The lowest BCUT2D eigenvalue weighted by Gasteiger charge is -2.09. The van der Waals surface area contributed by atoms with Crippen LogP contribution in [0.15, 0.2) is 35.1 Å². The van der Waals surface area contributed by atoms with E-state index in [2.05, 4.69) is 30.7 Å². The van der Waals surface area contributed by atoms with Crippen LogP contribution in [0.4, 0.5) is 28.3 Å². The smallest absolute Gasteiger partial charge is 0.189 e. The Morgan fingerprint density at radius 1 is 1.15 bits per heavy atom. The number of nitrogen functional groups attached to an aromatic ring is 1. The molecule has 0 fully saturated rings. The number of aromatic nitrogens is 4. The number of nitrogens with one attached hydrogen (secondary N) is 2. The van der Waals surface area contributed by atoms with Crippen molar-refractivity contribution in [2.75, 3.05) is 23.5 Å². The van der Waals surface area contributed by atoms with E-state index in [1.807, 2.05) is 18.2 Å². The van der Waals surface area contributed by atoms with Crippen molar-refractivity contribution < 1.29 is 9.26 Å². The first-order valence-corrected chi connectivity index (χ1v) is 8.46. The van der Waals surface area contributed by atoms with E-state index in [-0.39, 0.29) is 0 Å². The second-order valence-corrected chi connectivity index (χ2v) is 6.44. The maximum absolute atomic E-state index is 6.17. The zero-order chi connectivity index (χ0) is 18.1. The summed E-state index contributed by atoms with van der Waals surface area (Å²) in [7, 11) is 1.63. The largest absolute Gasteiger partial charge is 0.497 e. The second-order valence-electron chi connectivity index (χ2n) is 5.41. The summed E-state index contributed by atoms with van der Waals surface area (Å²) in [6, 6.07) is 7.45. The van der Waals surface area contributed by atoms with Gasteiger partial charge in [0.15, 0.2) is 22.6 Å². The van der Waals surface area contributed by atoms with Gasteiger partial charge in [0, 0.05) is 6.07 Å². The lowest BCUT2D eigenvalue weighted by molar-refractivity contribution is 0.400. The number of nitrogens with two attached hydrogens (primary N) is 1. The summed E-state index contributed by atoms with van der Waals surface area (Å²) in [6.07, 6.45) is 1.41. The number of ether oxygens (including phenoxy) is 1. The Bertz CT molecular complexity index is 1080. The summed E-state index contributed by atoms with van der Waals surface area (Å²) < 4.78 is 11.3. The number of aryl methyl sites for hydroxylation is 1. The molecule has 0 bridgehead atoms. The molecule has 4 aromatic rings. The van der Waals surface area contributed by atoms with E-state index in [1.165, 1.54) is 17.7 Å². The molecule has 26 heavy (non-hydrogen) atoms. The van der Waals surface area contributed by atoms with Gasteiger partial charge < -0.3 is 25.6 Å². The van der Waals surface area contributed by atoms with Crippen molar-refractivity contribution in [1.29, 1.82) is 0 Å². The fraction of sp³-hybridized carbons (Fsp3) is 0.125. The number of benzene rings is 1. The van der Waals surface area contributed by atoms with Crippen molar-refractivity contribution in [3.63, 3.8) is 0 Å². The van der Waals surface area contributed by atoms with Crippen LogP contribution in [0.5, 0.6) is 5.75 Å². The third-order valence-electron chi connectivity index (χ3n) is 3.58. The van der Waals surface area contributed by atoms with Crippen LogP contribution in [0.25, 0.3) is 10.2 Å². The van der Waals surface area contributed by atoms with E-state index in [0.29, 0.717) is 34.0 Å². The number of hydrogen-bond acceptors (Lipinski definition) is 10. The molecule has 0 spiro atoms. The summed E-state index contributed by atoms with van der Waals surface area (Å²) in [6.45, 7) is 1.80. The van der Waals surface area contributed by atoms with Crippen LogP contribution in [-0.4, -0.2) is 27.2 Å². The Morgan fingerprint density at radius 2 is 1.96 bits per heavy atom. The highest BCUT2D eigenvalue weighted by molar-refractivity contribution is 7.22. The molecule has 132 valence electrons. The molecule has 4 rings (SSSR count). The van der Waals surface area contributed by atoms with Gasteiger partial charge in [-0.15, -0.1) is 0 Å². The van der Waals surface area contributed by atoms with Gasteiger partial charge in [0.2, 0.25) is 0 Å². The number of hydrogen-bond donors (Lipinski definition) is 3. The maximum Gasteiger partial charge on any atom is 0.189 e. The van der Waals surface area contributed by atoms with E-state index in [4.69, 9.17) is 15.0 Å². The van der Waals surface area contributed by atoms with Gasteiger partial charge >= 0.3 is 0 Å². The normalized spacial score (nSPS) is 10.8. The van der Waals surface area contributed by atoms with E-state index in [1.54, 1.807) is 20.1 Å². The highest BCUT2D eigenvalue weighted by Gasteiger charge is 2.12. The third-order valence-corrected chi connectivity index (χ3v) is 4.51. The molecule has 0 atom stereocenters. The van der Waals surface area contributed by atoms with Gasteiger partial charge in [0.05, 0.1) is 17.3 Å². The zero-order valence-electron chi connectivity index (χ0n) is 14.0. The topological polar surface area (TPSA) is 124 Å². The highest BCUT2D eigenvalue weighted by Crippen LogP contribution is 2.33. The predicted octanol–water partition coefficient (Wildman–Crippen LogP) is 3.46. The fourth-order valence-corrected chi connectivity index (χ4v) is 3.22. The lowest BCUT2D eigenvalue weighted by Crippen LogP contribution is -2.05. The van der Waals surface area contributed by atoms with Gasteiger partial charge in [-0.05, 0) is 25.1 Å². The quantitative estimate of drug-likeness (QED) is 0.485. The summed E-state index contributed by atoms with van der Waals surface area (Å²) >= 11 is 1.48. The van der Waals surface area contributed by atoms with E-state index in [9.17, 15) is 0 Å². The molecule has 9 nitrogen and oxygen atoms in total. The monoisotopic (exact) mass is 369 g/mol. The van der Waals surface area contributed by atoms with Gasteiger partial charge in [-0.3, -0.25) is 0 Å². The molecule has 0 aliphatic carbocycles. The molecule has 3 heterocycles. The molecule has 10 heteroatoms. The van der Waals surface area contributed by atoms with E-state index >= 15 is 0 Å². The molecule has 0 saturated carbocycles. The summed E-state index contributed by atoms with van der Waals surface area (Å²) in [5, 5.41) is 10.7. The van der Waals surface area contributed by atoms with Gasteiger partial charge in [0.1, 0.15) is 23.5 Å². The molecule has 4 N–H and O–H groups in total. The first-order valence-electron chi connectivity index (χ1n) is 7.65. The SMILES string of the molecule is COc1ccc2nc(Nc3ncnc(Nc4cc(C)on4)c3N)sc2c1. The van der Waals surface area contributed by atoms with Crippen LogP contribution >= 0.6 is 11.3 Å². The minimum Gasteiger partial charge on any atom is -0.497 e. The number of rotatable bonds is 5. The Hall–Kier alpha value is -3.40. The van der Waals surface area contributed by atoms with Crippen molar-refractivity contribution in [3.8, 4) is 5.75 Å². The van der Waals surface area contributed by atoms with Crippen molar-refractivity contribution in [1.82, 2.24) is 20.1 Å². The first kappa shape index (κ1) is 16.1. The molecule has 0 amide bonds. The van der Waals surface area contributed by atoms with Crippen LogP contribution in [0, 0.1) is 6.92 Å². The molecular formula is C16H15N7O2S. The van der Waals surface area contributed by atoms with Crippen LogP contribution in [0.1, 0.15) is 5.76 Å². The molecule has 1 aromatic carbocycles. The zero-order valence-corrected chi connectivity index (χ0v) is 14.8. The summed E-state index contributed by atoms with van der Waals surface area (Å²) in [4.78, 5) is 12.9. The number of nitrogens with zero attached hydrogens (tertiary/aromatic N) is 4. The predicted molar refractivity (Wildman–Crippen MR) is 100 cm³/mol. The standard InChI is InChI=1S/C16H15N7O2S/c1-8-5-12(23-25-8)21-14-13(17)15(19-7-18-14)22-16-20-10-4-3-9(24-2)6-11(10)26-16/h3-7H,17H2,1-2H3,(H2,18,19,20,21,22,23). The number of fused-ring (bicyclic) bond motifs is 1. The molecule has 0 aliphatic rings. The van der Waals surface area contributed by atoms with Crippen molar-refractivity contribution >= 4 is 49.8 Å². The summed E-state index contributed by atoms with van der Waals surface area (Å²) in [5.74, 6) is 2.87. The summed E-state index contributed by atoms with van der Waals surface area (Å²) in [5.41, 5.74) is 7.39. The fourth-order valence-electron chi connectivity index (χ4n) is 2.33. The van der Waals surface area contributed by atoms with E-state index in [0.717, 1.165) is 16.0 Å². The van der Waals surface area contributed by atoms with Gasteiger partial charge in [-0.2, -0.15) is 0 Å². The van der Waals surface area contributed by atoms with Gasteiger partial charge in [-0.1, -0.05) is 16.5 Å². The average Bonchev–Trinajstić information content (AvgIpc) is 3.23. The molecule has 0 aliphatic heterocycles. The van der Waals surface area contributed by atoms with Crippen LogP contribution < -0.4 is 21.1 Å². The number of thiazole rings is 1. The van der Waals surface area contributed by atoms with Crippen molar-refractivity contribution in [3.05, 3.63) is 36.4 Å².